The van der Waals surface area contributed by atoms with E-state index in [1.165, 1.54) is 77.5 Å². The summed E-state index contributed by atoms with van der Waals surface area (Å²) in [6, 6.07) is 5.50. The predicted octanol–water partition coefficient (Wildman–Crippen LogP) is 4.11. The van der Waals surface area contributed by atoms with Gasteiger partial charge >= 0.3 is 0 Å². The maximum Gasteiger partial charge on any atom is 0.227 e. The zero-order chi connectivity index (χ0) is 24.3. The van der Waals surface area contributed by atoms with Crippen LogP contribution < -0.4 is 15.0 Å². The highest BCUT2D eigenvalue weighted by molar-refractivity contribution is 5.93. The topological polar surface area (TPSA) is 56.8 Å². The monoisotopic (exact) mass is 488 g/mol. The van der Waals surface area contributed by atoms with Gasteiger partial charge in [0.25, 0.3) is 0 Å². The molecule has 1 aromatic carbocycles. The number of nitrogens with zero attached hydrogens (tertiary/aromatic N) is 5. The Labute approximate surface area is 215 Å². The first-order valence-corrected chi connectivity index (χ1v) is 14.1. The van der Waals surface area contributed by atoms with Crippen LogP contribution in [0.3, 0.4) is 0 Å². The van der Waals surface area contributed by atoms with E-state index in [0.29, 0.717) is 6.04 Å². The van der Waals surface area contributed by atoms with Gasteiger partial charge in [0.05, 0.1) is 18.2 Å². The molecule has 1 aromatic heterocycles. The molecule has 1 saturated carbocycles. The second kappa shape index (κ2) is 10.8. The maximum absolute atomic E-state index is 5.79. The highest BCUT2D eigenvalue weighted by Gasteiger charge is 2.32. The van der Waals surface area contributed by atoms with Gasteiger partial charge in [-0.3, -0.25) is 0 Å². The summed E-state index contributed by atoms with van der Waals surface area (Å²) in [4.78, 5) is 17.6. The number of likely N-dealkylation sites (tertiary alicyclic amines) is 2. The van der Waals surface area contributed by atoms with Crippen LogP contribution in [0.1, 0.15) is 63.4 Å². The van der Waals surface area contributed by atoms with Crippen molar-refractivity contribution in [3.63, 3.8) is 0 Å². The van der Waals surface area contributed by atoms with Crippen molar-refractivity contribution in [2.75, 3.05) is 63.1 Å². The minimum Gasteiger partial charge on any atom is -0.495 e. The van der Waals surface area contributed by atoms with E-state index in [1.807, 2.05) is 0 Å². The molecule has 4 fully saturated rings. The van der Waals surface area contributed by atoms with Crippen molar-refractivity contribution >= 4 is 22.7 Å². The van der Waals surface area contributed by atoms with Gasteiger partial charge in [-0.25, -0.2) is 4.98 Å². The molecular formula is C29H40N6O. The van der Waals surface area contributed by atoms with Crippen molar-refractivity contribution in [3.05, 3.63) is 17.7 Å². The average Bonchev–Trinajstić information content (AvgIpc) is 3.36. The molecule has 0 amide bonds. The molecule has 0 unspecified atom stereocenters. The Kier molecular flexibility index (Phi) is 7.16. The number of aromatic nitrogens is 2. The van der Waals surface area contributed by atoms with E-state index in [-0.39, 0.29) is 0 Å². The standard InChI is InChI=1S/C29H40N6O/c1-36-27-21-25-26(20-22(27)8-2-3-13-33-14-4-5-15-33)31-29(35-16-6-7-17-35)32-28(25)30-23-11-18-34(19-12-23)24-9-10-24/h20-21,23-24H,3-7,9-19H2,1H3,(H,30,31,32). The lowest BCUT2D eigenvalue weighted by Gasteiger charge is -2.33. The zero-order valence-corrected chi connectivity index (χ0v) is 21.8. The van der Waals surface area contributed by atoms with Gasteiger partial charge in [-0.15, -0.1) is 0 Å². The Balaban J connectivity index is 1.26. The lowest BCUT2D eigenvalue weighted by molar-refractivity contribution is 0.210. The van der Waals surface area contributed by atoms with Gasteiger partial charge in [-0.05, 0) is 76.6 Å². The molecule has 4 aliphatic rings. The fourth-order valence-corrected chi connectivity index (χ4v) is 6.00. The Morgan fingerprint density at radius 3 is 2.42 bits per heavy atom. The number of hydrogen-bond acceptors (Lipinski definition) is 7. The fraction of sp³-hybridized carbons (Fsp3) is 0.655. The minimum atomic E-state index is 0.445. The molecule has 0 atom stereocenters. The smallest absolute Gasteiger partial charge is 0.227 e. The molecule has 1 N–H and O–H groups in total. The molecule has 0 radical (unpaired) electrons. The van der Waals surface area contributed by atoms with E-state index in [9.17, 15) is 0 Å². The van der Waals surface area contributed by atoms with Gasteiger partial charge in [0, 0.05) is 56.6 Å². The second-order valence-corrected chi connectivity index (χ2v) is 10.9. The number of ether oxygens (including phenoxy) is 1. The summed E-state index contributed by atoms with van der Waals surface area (Å²) in [5.41, 5.74) is 1.87. The number of piperidine rings is 1. The molecule has 0 spiro atoms. The Bertz CT molecular complexity index is 1120. The Morgan fingerprint density at radius 1 is 0.944 bits per heavy atom. The highest BCUT2D eigenvalue weighted by atomic mass is 16.5. The van der Waals surface area contributed by atoms with Gasteiger partial charge in [0.15, 0.2) is 0 Å². The van der Waals surface area contributed by atoms with E-state index in [4.69, 9.17) is 14.7 Å². The minimum absolute atomic E-state index is 0.445. The van der Waals surface area contributed by atoms with Crippen molar-refractivity contribution in [1.82, 2.24) is 19.8 Å². The molecule has 6 rings (SSSR count). The normalized spacial score (nSPS) is 21.6. The summed E-state index contributed by atoms with van der Waals surface area (Å²) in [5.74, 6) is 9.37. The summed E-state index contributed by atoms with van der Waals surface area (Å²) in [6.45, 7) is 7.92. The molecule has 0 bridgehead atoms. The first-order valence-electron chi connectivity index (χ1n) is 14.1. The zero-order valence-electron chi connectivity index (χ0n) is 21.8. The van der Waals surface area contributed by atoms with Crippen molar-refractivity contribution in [3.8, 4) is 17.6 Å². The van der Waals surface area contributed by atoms with Crippen LogP contribution in [-0.2, 0) is 0 Å². The van der Waals surface area contributed by atoms with E-state index in [1.54, 1.807) is 7.11 Å². The van der Waals surface area contributed by atoms with E-state index in [0.717, 1.165) is 66.1 Å². The second-order valence-electron chi connectivity index (χ2n) is 10.9. The number of benzene rings is 1. The van der Waals surface area contributed by atoms with Crippen LogP contribution in [0, 0.1) is 11.8 Å². The van der Waals surface area contributed by atoms with Crippen molar-refractivity contribution in [1.29, 1.82) is 0 Å². The largest absolute Gasteiger partial charge is 0.495 e. The fourth-order valence-electron chi connectivity index (χ4n) is 6.00. The highest BCUT2D eigenvalue weighted by Crippen LogP contribution is 2.33. The van der Waals surface area contributed by atoms with E-state index < -0.39 is 0 Å². The third kappa shape index (κ3) is 5.40. The lowest BCUT2D eigenvalue weighted by atomic mass is 10.0. The molecule has 2 aromatic rings. The quantitative estimate of drug-likeness (QED) is 0.589. The number of nitrogens with one attached hydrogen (secondary N) is 1. The van der Waals surface area contributed by atoms with Gasteiger partial charge < -0.3 is 24.8 Å². The Hall–Kier alpha value is -2.56. The third-order valence-corrected chi connectivity index (χ3v) is 8.30. The molecule has 4 heterocycles. The van der Waals surface area contributed by atoms with Crippen molar-refractivity contribution < 1.29 is 4.74 Å². The molecule has 1 aliphatic carbocycles. The average molecular weight is 489 g/mol. The van der Waals surface area contributed by atoms with Crippen molar-refractivity contribution in [2.45, 2.75) is 69.9 Å². The van der Waals surface area contributed by atoms with E-state index >= 15 is 0 Å². The van der Waals surface area contributed by atoms with Crippen LogP contribution in [-0.4, -0.2) is 84.8 Å². The lowest BCUT2D eigenvalue weighted by Crippen LogP contribution is -2.40. The van der Waals surface area contributed by atoms with Crippen LogP contribution in [0.15, 0.2) is 12.1 Å². The first kappa shape index (κ1) is 23.8. The molecular weight excluding hydrogens is 448 g/mol. The van der Waals surface area contributed by atoms with E-state index in [2.05, 4.69) is 44.0 Å². The van der Waals surface area contributed by atoms with Crippen LogP contribution >= 0.6 is 0 Å². The maximum atomic E-state index is 5.79. The molecule has 36 heavy (non-hydrogen) atoms. The summed E-state index contributed by atoms with van der Waals surface area (Å²) in [7, 11) is 1.73. The first-order chi connectivity index (χ1) is 17.8. The van der Waals surface area contributed by atoms with Crippen LogP contribution in [0.2, 0.25) is 0 Å². The third-order valence-electron chi connectivity index (χ3n) is 8.30. The Morgan fingerprint density at radius 2 is 1.69 bits per heavy atom. The van der Waals surface area contributed by atoms with Crippen molar-refractivity contribution in [2.24, 2.45) is 0 Å². The molecule has 3 saturated heterocycles. The van der Waals surface area contributed by atoms with Gasteiger partial charge in [0.1, 0.15) is 11.6 Å². The molecule has 192 valence electrons. The summed E-state index contributed by atoms with van der Waals surface area (Å²) < 4.78 is 5.79. The number of rotatable bonds is 7. The SMILES string of the molecule is COc1cc2c(NC3CCN(C4CC4)CC3)nc(N3CCCC3)nc2cc1C#CCCN1CCCC1. The number of methoxy groups -OCH3 is 1. The number of fused-ring (bicyclic) bond motifs is 1. The number of anilines is 2. The number of hydrogen-bond donors (Lipinski definition) is 1. The van der Waals surface area contributed by atoms with Crippen LogP contribution in [0.4, 0.5) is 11.8 Å². The van der Waals surface area contributed by atoms with Crippen LogP contribution in [0.25, 0.3) is 10.9 Å². The summed E-state index contributed by atoms with van der Waals surface area (Å²) in [6.07, 6.45) is 11.0. The van der Waals surface area contributed by atoms with Gasteiger partial charge in [-0.2, -0.15) is 4.98 Å². The van der Waals surface area contributed by atoms with Gasteiger partial charge in [0.2, 0.25) is 5.95 Å². The van der Waals surface area contributed by atoms with Crippen LogP contribution in [0.5, 0.6) is 5.75 Å². The molecule has 7 heteroatoms. The van der Waals surface area contributed by atoms with Gasteiger partial charge in [-0.1, -0.05) is 11.8 Å². The predicted molar refractivity (Wildman–Crippen MR) is 146 cm³/mol. The molecule has 3 aliphatic heterocycles. The summed E-state index contributed by atoms with van der Waals surface area (Å²) >= 11 is 0. The summed E-state index contributed by atoms with van der Waals surface area (Å²) in [5, 5.41) is 4.85. The molecule has 7 nitrogen and oxygen atoms in total.